The van der Waals surface area contributed by atoms with Gasteiger partial charge in [0.25, 0.3) is 0 Å². The number of phenolic OH excluding ortho intramolecular Hbond substituents is 1. The van der Waals surface area contributed by atoms with E-state index in [-0.39, 0.29) is 5.78 Å². The van der Waals surface area contributed by atoms with E-state index in [9.17, 15) is 9.90 Å². The lowest BCUT2D eigenvalue weighted by Crippen LogP contribution is -2.03. The Labute approximate surface area is 155 Å². The zero-order valence-corrected chi connectivity index (χ0v) is 15.7. The number of aromatic hydroxyl groups is 1. The summed E-state index contributed by atoms with van der Waals surface area (Å²) >= 11 is 0. The van der Waals surface area contributed by atoms with Crippen molar-refractivity contribution in [3.63, 3.8) is 0 Å². The maximum absolute atomic E-state index is 12.4. The SMILES string of the molecule is CCCOc1c(C=CC(=O)c2ccc(N)cc2)cc(CC)c(O)c1CC. The molecule has 2 aromatic rings. The quantitative estimate of drug-likeness (QED) is 0.407. The summed E-state index contributed by atoms with van der Waals surface area (Å²) in [6.07, 6.45) is 5.54. The molecule has 0 heterocycles. The van der Waals surface area contributed by atoms with Crippen molar-refractivity contribution in [1.82, 2.24) is 0 Å². The minimum absolute atomic E-state index is 0.101. The minimum atomic E-state index is -0.101. The number of aryl methyl sites for hydroxylation is 1. The molecule has 2 aromatic carbocycles. The Morgan fingerprint density at radius 2 is 1.85 bits per heavy atom. The van der Waals surface area contributed by atoms with Crippen LogP contribution in [0.2, 0.25) is 0 Å². The van der Waals surface area contributed by atoms with Gasteiger partial charge in [-0.1, -0.05) is 20.8 Å². The van der Waals surface area contributed by atoms with Gasteiger partial charge in [-0.15, -0.1) is 0 Å². The molecule has 138 valence electrons. The number of rotatable bonds is 8. The molecule has 0 bridgehead atoms. The van der Waals surface area contributed by atoms with E-state index in [4.69, 9.17) is 10.5 Å². The molecule has 0 aliphatic carbocycles. The molecule has 0 aromatic heterocycles. The lowest BCUT2D eigenvalue weighted by atomic mass is 9.98. The van der Waals surface area contributed by atoms with E-state index in [0.29, 0.717) is 42.2 Å². The van der Waals surface area contributed by atoms with Gasteiger partial charge in [-0.3, -0.25) is 4.79 Å². The van der Waals surface area contributed by atoms with Crippen LogP contribution in [0.25, 0.3) is 6.08 Å². The van der Waals surface area contributed by atoms with E-state index in [2.05, 4.69) is 0 Å². The largest absolute Gasteiger partial charge is 0.507 e. The molecule has 0 fully saturated rings. The molecule has 0 aliphatic heterocycles. The molecular formula is C22H27NO3. The number of ketones is 1. The fourth-order valence-corrected chi connectivity index (χ4v) is 2.80. The van der Waals surface area contributed by atoms with Gasteiger partial charge in [0.1, 0.15) is 11.5 Å². The Kier molecular flexibility index (Phi) is 6.84. The first kappa shape index (κ1) is 19.6. The van der Waals surface area contributed by atoms with Crippen molar-refractivity contribution >= 4 is 17.5 Å². The zero-order chi connectivity index (χ0) is 19.1. The third kappa shape index (κ3) is 4.45. The lowest BCUT2D eigenvalue weighted by molar-refractivity contribution is 0.104. The predicted octanol–water partition coefficient (Wildman–Crippen LogP) is 4.78. The molecule has 2 rings (SSSR count). The molecular weight excluding hydrogens is 326 g/mol. The van der Waals surface area contributed by atoms with E-state index in [1.54, 1.807) is 30.3 Å². The van der Waals surface area contributed by atoms with Gasteiger partial charge >= 0.3 is 0 Å². The number of carbonyl (C=O) groups excluding carboxylic acids is 1. The van der Waals surface area contributed by atoms with Gasteiger partial charge in [0.15, 0.2) is 5.78 Å². The number of ether oxygens (including phenoxy) is 1. The van der Waals surface area contributed by atoms with Crippen molar-refractivity contribution in [3.8, 4) is 11.5 Å². The van der Waals surface area contributed by atoms with Crippen LogP contribution in [-0.2, 0) is 12.8 Å². The highest BCUT2D eigenvalue weighted by Gasteiger charge is 2.16. The van der Waals surface area contributed by atoms with Crippen molar-refractivity contribution in [2.24, 2.45) is 0 Å². The van der Waals surface area contributed by atoms with Crippen LogP contribution in [-0.4, -0.2) is 17.5 Å². The molecule has 0 aliphatic rings. The van der Waals surface area contributed by atoms with E-state index >= 15 is 0 Å². The summed E-state index contributed by atoms with van der Waals surface area (Å²) in [4.78, 5) is 12.4. The first-order valence-electron chi connectivity index (χ1n) is 9.10. The number of hydrogen-bond donors (Lipinski definition) is 2. The number of anilines is 1. The summed E-state index contributed by atoms with van der Waals surface area (Å²) in [5.41, 5.74) is 9.33. The van der Waals surface area contributed by atoms with Gasteiger partial charge in [-0.25, -0.2) is 0 Å². The van der Waals surface area contributed by atoms with Gasteiger partial charge < -0.3 is 15.6 Å². The van der Waals surface area contributed by atoms with Gasteiger partial charge in [0, 0.05) is 22.4 Å². The van der Waals surface area contributed by atoms with Crippen LogP contribution in [0.15, 0.2) is 36.4 Å². The van der Waals surface area contributed by atoms with E-state index in [0.717, 1.165) is 23.1 Å². The monoisotopic (exact) mass is 353 g/mol. The summed E-state index contributed by atoms with van der Waals surface area (Å²) in [5.74, 6) is 0.851. The molecule has 0 spiro atoms. The topological polar surface area (TPSA) is 72.5 Å². The molecule has 0 atom stereocenters. The Morgan fingerprint density at radius 1 is 1.15 bits per heavy atom. The van der Waals surface area contributed by atoms with Crippen molar-refractivity contribution in [2.75, 3.05) is 12.3 Å². The fourth-order valence-electron chi connectivity index (χ4n) is 2.80. The highest BCUT2D eigenvalue weighted by Crippen LogP contribution is 2.37. The first-order chi connectivity index (χ1) is 12.5. The molecule has 0 amide bonds. The van der Waals surface area contributed by atoms with Gasteiger partial charge in [0.2, 0.25) is 0 Å². The lowest BCUT2D eigenvalue weighted by Gasteiger charge is -2.17. The van der Waals surface area contributed by atoms with Crippen LogP contribution in [0.4, 0.5) is 5.69 Å². The Bertz CT molecular complexity index is 792. The van der Waals surface area contributed by atoms with E-state index in [1.807, 2.05) is 26.8 Å². The normalized spacial score (nSPS) is 11.0. The van der Waals surface area contributed by atoms with Crippen molar-refractivity contribution in [2.45, 2.75) is 40.0 Å². The molecule has 4 nitrogen and oxygen atoms in total. The van der Waals surface area contributed by atoms with Crippen molar-refractivity contribution in [1.29, 1.82) is 0 Å². The number of benzene rings is 2. The third-order valence-electron chi connectivity index (χ3n) is 4.25. The predicted molar refractivity (Wildman–Crippen MR) is 107 cm³/mol. The number of allylic oxidation sites excluding steroid dienone is 1. The molecule has 0 unspecified atom stereocenters. The van der Waals surface area contributed by atoms with Crippen LogP contribution >= 0.6 is 0 Å². The summed E-state index contributed by atoms with van der Waals surface area (Å²) in [6, 6.07) is 8.74. The molecule has 4 heteroatoms. The van der Waals surface area contributed by atoms with Crippen LogP contribution < -0.4 is 10.5 Å². The Hall–Kier alpha value is -2.75. The summed E-state index contributed by atoms with van der Waals surface area (Å²) < 4.78 is 5.90. The minimum Gasteiger partial charge on any atom is -0.507 e. The fraction of sp³-hybridized carbons (Fsp3) is 0.318. The van der Waals surface area contributed by atoms with Crippen LogP contribution in [0.5, 0.6) is 11.5 Å². The number of nitrogens with two attached hydrogens (primary N) is 1. The number of nitrogen functional groups attached to an aromatic ring is 1. The highest BCUT2D eigenvalue weighted by atomic mass is 16.5. The Balaban J connectivity index is 2.42. The summed E-state index contributed by atoms with van der Waals surface area (Å²) in [5, 5.41) is 10.5. The molecule has 3 N–H and O–H groups in total. The summed E-state index contributed by atoms with van der Waals surface area (Å²) in [6.45, 7) is 6.57. The van der Waals surface area contributed by atoms with Gasteiger partial charge in [-0.05, 0) is 67.3 Å². The average molecular weight is 353 g/mol. The number of hydrogen-bond acceptors (Lipinski definition) is 4. The number of carbonyl (C=O) groups is 1. The zero-order valence-electron chi connectivity index (χ0n) is 15.7. The molecule has 0 radical (unpaired) electrons. The second-order valence-corrected chi connectivity index (χ2v) is 6.16. The Morgan fingerprint density at radius 3 is 2.42 bits per heavy atom. The van der Waals surface area contributed by atoms with Crippen LogP contribution in [0.3, 0.4) is 0 Å². The van der Waals surface area contributed by atoms with E-state index in [1.165, 1.54) is 6.08 Å². The van der Waals surface area contributed by atoms with Crippen LogP contribution in [0, 0.1) is 0 Å². The molecule has 0 saturated heterocycles. The van der Waals surface area contributed by atoms with Gasteiger partial charge in [0.05, 0.1) is 6.61 Å². The second kappa shape index (κ2) is 9.09. The maximum atomic E-state index is 12.4. The smallest absolute Gasteiger partial charge is 0.185 e. The maximum Gasteiger partial charge on any atom is 0.185 e. The summed E-state index contributed by atoms with van der Waals surface area (Å²) in [7, 11) is 0. The van der Waals surface area contributed by atoms with E-state index < -0.39 is 0 Å². The first-order valence-corrected chi connectivity index (χ1v) is 9.10. The second-order valence-electron chi connectivity index (χ2n) is 6.16. The molecule has 0 saturated carbocycles. The van der Waals surface area contributed by atoms with Crippen molar-refractivity contribution in [3.05, 3.63) is 58.7 Å². The third-order valence-corrected chi connectivity index (χ3v) is 4.25. The number of phenols is 1. The standard InChI is InChI=1S/C22H27NO3/c1-4-13-26-22-17(14-15(5-2)21(25)19(22)6-3)9-12-20(24)16-7-10-18(23)11-8-16/h7-12,14,25H,4-6,13,23H2,1-3H3. The van der Waals surface area contributed by atoms with Gasteiger partial charge in [-0.2, -0.15) is 0 Å². The molecule has 26 heavy (non-hydrogen) atoms. The van der Waals surface area contributed by atoms with Crippen molar-refractivity contribution < 1.29 is 14.6 Å². The van der Waals surface area contributed by atoms with Crippen LogP contribution in [0.1, 0.15) is 54.2 Å². The highest BCUT2D eigenvalue weighted by molar-refractivity contribution is 6.07. The average Bonchev–Trinajstić information content (AvgIpc) is 2.65.